The zero-order valence-electron chi connectivity index (χ0n) is 8.71. The van der Waals surface area contributed by atoms with E-state index in [0.29, 0.717) is 0 Å². The molecule has 0 aromatic rings. The van der Waals surface area contributed by atoms with Gasteiger partial charge in [0, 0.05) is 26.7 Å². The molecule has 4 heteroatoms. The van der Waals surface area contributed by atoms with Gasteiger partial charge in [-0.05, 0) is 14.1 Å². The number of hydrogen-bond acceptors (Lipinski definition) is 4. The van der Waals surface area contributed by atoms with Gasteiger partial charge >= 0.3 is 0 Å². The van der Waals surface area contributed by atoms with Gasteiger partial charge in [-0.25, -0.2) is 0 Å². The molecular formula is C9H19N3O. The van der Waals surface area contributed by atoms with Gasteiger partial charge in [0.25, 0.3) is 0 Å². The molecule has 1 aliphatic heterocycles. The Bertz CT molecular complexity index is 180. The van der Waals surface area contributed by atoms with E-state index in [1.807, 2.05) is 20.3 Å². The standard InChI is InChI=1S/C9H19N3O/c1-11(2)6-7-13-9-8-12(3)5-4-10-9/h8,10H,4-7H2,1-3H3. The molecule has 0 saturated carbocycles. The van der Waals surface area contributed by atoms with Crippen molar-refractivity contribution in [3.8, 4) is 0 Å². The van der Waals surface area contributed by atoms with Crippen LogP contribution in [-0.4, -0.2) is 57.2 Å². The smallest absolute Gasteiger partial charge is 0.203 e. The van der Waals surface area contributed by atoms with Crippen LogP contribution < -0.4 is 5.32 Å². The summed E-state index contributed by atoms with van der Waals surface area (Å²) in [6, 6.07) is 0. The van der Waals surface area contributed by atoms with Gasteiger partial charge in [0.15, 0.2) is 0 Å². The average molecular weight is 185 g/mol. The third-order valence-corrected chi connectivity index (χ3v) is 1.90. The van der Waals surface area contributed by atoms with Crippen molar-refractivity contribution in [1.29, 1.82) is 0 Å². The molecule has 0 atom stereocenters. The van der Waals surface area contributed by atoms with E-state index in [2.05, 4.69) is 22.2 Å². The van der Waals surface area contributed by atoms with E-state index in [1.165, 1.54) is 0 Å². The molecule has 0 amide bonds. The topological polar surface area (TPSA) is 27.7 Å². The van der Waals surface area contributed by atoms with Crippen LogP contribution in [0.2, 0.25) is 0 Å². The highest BCUT2D eigenvalue weighted by Crippen LogP contribution is 2.00. The predicted octanol–water partition coefficient (Wildman–Crippen LogP) is -0.101. The molecule has 0 radical (unpaired) electrons. The van der Waals surface area contributed by atoms with Gasteiger partial charge in [-0.15, -0.1) is 0 Å². The Hall–Kier alpha value is -0.900. The first-order chi connectivity index (χ1) is 6.18. The predicted molar refractivity (Wildman–Crippen MR) is 53.2 cm³/mol. The monoisotopic (exact) mass is 185 g/mol. The van der Waals surface area contributed by atoms with Gasteiger partial charge in [-0.3, -0.25) is 0 Å². The van der Waals surface area contributed by atoms with Crippen LogP contribution in [0, 0.1) is 0 Å². The minimum atomic E-state index is 0.736. The van der Waals surface area contributed by atoms with Crippen LogP contribution in [-0.2, 0) is 4.74 Å². The van der Waals surface area contributed by atoms with E-state index < -0.39 is 0 Å². The normalized spacial score (nSPS) is 16.9. The van der Waals surface area contributed by atoms with E-state index in [9.17, 15) is 0 Å². The van der Waals surface area contributed by atoms with Crippen LogP contribution in [0.3, 0.4) is 0 Å². The maximum atomic E-state index is 5.53. The highest BCUT2D eigenvalue weighted by Gasteiger charge is 2.05. The Morgan fingerprint density at radius 3 is 3.00 bits per heavy atom. The van der Waals surface area contributed by atoms with E-state index in [1.54, 1.807) is 0 Å². The van der Waals surface area contributed by atoms with Crippen LogP contribution in [0.15, 0.2) is 12.1 Å². The van der Waals surface area contributed by atoms with Gasteiger partial charge in [0.1, 0.15) is 6.61 Å². The lowest BCUT2D eigenvalue weighted by Crippen LogP contribution is -2.34. The summed E-state index contributed by atoms with van der Waals surface area (Å²) in [6.45, 7) is 3.69. The van der Waals surface area contributed by atoms with Crippen LogP contribution in [0.25, 0.3) is 0 Å². The molecule has 1 rings (SSSR count). The Balaban J connectivity index is 2.20. The lowest BCUT2D eigenvalue weighted by atomic mass is 10.5. The van der Waals surface area contributed by atoms with E-state index in [4.69, 9.17) is 4.74 Å². The maximum absolute atomic E-state index is 5.53. The summed E-state index contributed by atoms with van der Waals surface area (Å²) < 4.78 is 5.53. The third kappa shape index (κ3) is 4.03. The summed E-state index contributed by atoms with van der Waals surface area (Å²) in [5, 5.41) is 3.20. The van der Waals surface area contributed by atoms with E-state index in [-0.39, 0.29) is 0 Å². The first-order valence-electron chi connectivity index (χ1n) is 4.62. The van der Waals surface area contributed by atoms with Gasteiger partial charge in [-0.2, -0.15) is 0 Å². The van der Waals surface area contributed by atoms with Crippen molar-refractivity contribution >= 4 is 0 Å². The van der Waals surface area contributed by atoms with Gasteiger partial charge in [0.05, 0.1) is 6.20 Å². The van der Waals surface area contributed by atoms with Gasteiger partial charge < -0.3 is 19.9 Å². The molecule has 1 aliphatic rings. The second kappa shape index (κ2) is 4.97. The Kier molecular flexibility index (Phi) is 3.89. The van der Waals surface area contributed by atoms with Crippen LogP contribution in [0.4, 0.5) is 0 Å². The Morgan fingerprint density at radius 1 is 1.62 bits per heavy atom. The summed E-state index contributed by atoms with van der Waals surface area (Å²) in [4.78, 5) is 4.23. The number of likely N-dealkylation sites (N-methyl/N-ethyl adjacent to an activating group) is 2. The molecule has 0 aliphatic carbocycles. The van der Waals surface area contributed by atoms with E-state index >= 15 is 0 Å². The molecule has 0 bridgehead atoms. The zero-order valence-corrected chi connectivity index (χ0v) is 8.71. The Labute approximate surface area is 80.1 Å². The fraction of sp³-hybridized carbons (Fsp3) is 0.778. The minimum Gasteiger partial charge on any atom is -0.477 e. The molecule has 0 fully saturated rings. The number of hydrogen-bond donors (Lipinski definition) is 1. The lowest BCUT2D eigenvalue weighted by Gasteiger charge is -2.24. The van der Waals surface area contributed by atoms with Crippen LogP contribution >= 0.6 is 0 Å². The van der Waals surface area contributed by atoms with Crippen molar-refractivity contribution in [3.63, 3.8) is 0 Å². The minimum absolute atomic E-state index is 0.736. The molecule has 4 nitrogen and oxygen atoms in total. The average Bonchev–Trinajstić information content (AvgIpc) is 2.03. The summed E-state index contributed by atoms with van der Waals surface area (Å²) in [6.07, 6.45) is 2.00. The maximum Gasteiger partial charge on any atom is 0.203 e. The molecule has 1 heterocycles. The molecule has 0 aromatic heterocycles. The van der Waals surface area contributed by atoms with Crippen molar-refractivity contribution in [1.82, 2.24) is 15.1 Å². The molecule has 1 N–H and O–H groups in total. The summed E-state index contributed by atoms with van der Waals surface area (Å²) in [5.74, 6) is 0.885. The van der Waals surface area contributed by atoms with Crippen molar-refractivity contribution in [3.05, 3.63) is 12.1 Å². The molecule has 0 unspecified atom stereocenters. The van der Waals surface area contributed by atoms with Gasteiger partial charge in [0.2, 0.25) is 5.88 Å². The molecular weight excluding hydrogens is 166 g/mol. The van der Waals surface area contributed by atoms with Gasteiger partial charge in [-0.1, -0.05) is 0 Å². The lowest BCUT2D eigenvalue weighted by molar-refractivity contribution is 0.152. The zero-order chi connectivity index (χ0) is 9.68. The fourth-order valence-electron chi connectivity index (χ4n) is 1.09. The quantitative estimate of drug-likeness (QED) is 0.662. The number of nitrogens with one attached hydrogen (secondary N) is 1. The van der Waals surface area contributed by atoms with Crippen LogP contribution in [0.5, 0.6) is 0 Å². The van der Waals surface area contributed by atoms with Crippen molar-refractivity contribution in [2.24, 2.45) is 0 Å². The number of ether oxygens (including phenoxy) is 1. The summed E-state index contributed by atoms with van der Waals surface area (Å²) in [5.41, 5.74) is 0. The second-order valence-electron chi connectivity index (χ2n) is 3.55. The largest absolute Gasteiger partial charge is 0.477 e. The Morgan fingerprint density at radius 2 is 2.38 bits per heavy atom. The van der Waals surface area contributed by atoms with Crippen molar-refractivity contribution in [2.45, 2.75) is 0 Å². The summed E-state index contributed by atoms with van der Waals surface area (Å²) >= 11 is 0. The number of rotatable bonds is 4. The second-order valence-corrected chi connectivity index (χ2v) is 3.55. The fourth-order valence-corrected chi connectivity index (χ4v) is 1.09. The summed E-state index contributed by atoms with van der Waals surface area (Å²) in [7, 11) is 6.13. The highest BCUT2D eigenvalue weighted by atomic mass is 16.5. The first kappa shape index (κ1) is 10.2. The number of nitrogens with zero attached hydrogens (tertiary/aromatic N) is 2. The first-order valence-corrected chi connectivity index (χ1v) is 4.62. The SMILES string of the molecule is CN(C)CCOC1=CN(C)CCN1. The highest BCUT2D eigenvalue weighted by molar-refractivity contribution is 4.94. The van der Waals surface area contributed by atoms with E-state index in [0.717, 1.165) is 32.1 Å². The molecule has 13 heavy (non-hydrogen) atoms. The molecule has 0 aromatic carbocycles. The molecule has 0 spiro atoms. The van der Waals surface area contributed by atoms with Crippen LogP contribution in [0.1, 0.15) is 0 Å². The van der Waals surface area contributed by atoms with Crippen molar-refractivity contribution in [2.75, 3.05) is 47.4 Å². The molecule has 0 saturated heterocycles. The molecule has 76 valence electrons. The van der Waals surface area contributed by atoms with Crippen molar-refractivity contribution < 1.29 is 4.74 Å². The third-order valence-electron chi connectivity index (χ3n) is 1.90.